The zero-order valence-corrected chi connectivity index (χ0v) is 13.7. The van der Waals surface area contributed by atoms with Crippen LogP contribution in [0.4, 0.5) is 18.0 Å². The minimum Gasteiger partial charge on any atom is -0.481 e. The van der Waals surface area contributed by atoms with Gasteiger partial charge in [-0.25, -0.2) is 4.79 Å². The molecule has 1 saturated carbocycles. The summed E-state index contributed by atoms with van der Waals surface area (Å²) in [5.41, 5.74) is -0.575. The Morgan fingerprint density at radius 2 is 1.92 bits per heavy atom. The second-order valence-electron chi connectivity index (χ2n) is 6.32. The van der Waals surface area contributed by atoms with E-state index in [1.165, 1.54) is 6.07 Å². The van der Waals surface area contributed by atoms with E-state index in [1.807, 2.05) is 0 Å². The van der Waals surface area contributed by atoms with E-state index < -0.39 is 29.2 Å². The van der Waals surface area contributed by atoms with Crippen molar-refractivity contribution < 1.29 is 27.9 Å². The van der Waals surface area contributed by atoms with Crippen molar-refractivity contribution >= 4 is 12.0 Å². The van der Waals surface area contributed by atoms with Gasteiger partial charge in [-0.1, -0.05) is 24.6 Å². The maximum atomic E-state index is 12.9. The van der Waals surface area contributed by atoms with Crippen LogP contribution in [0, 0.1) is 0 Å². The topological polar surface area (TPSA) is 78.4 Å². The zero-order chi connectivity index (χ0) is 18.5. The van der Waals surface area contributed by atoms with Crippen molar-refractivity contribution in [2.24, 2.45) is 0 Å². The molecule has 3 N–H and O–H groups in total. The Balaban J connectivity index is 1.93. The number of carboxylic acids is 1. The molecule has 0 atom stereocenters. The van der Waals surface area contributed by atoms with Gasteiger partial charge in [0, 0.05) is 24.9 Å². The first-order valence-electron chi connectivity index (χ1n) is 8.14. The van der Waals surface area contributed by atoms with Gasteiger partial charge in [0.1, 0.15) is 0 Å². The Labute approximate surface area is 143 Å². The molecule has 1 aliphatic rings. The summed E-state index contributed by atoms with van der Waals surface area (Å²) in [5.74, 6) is -0.930. The number of halogens is 3. The fourth-order valence-electron chi connectivity index (χ4n) is 2.95. The average Bonchev–Trinajstić information content (AvgIpc) is 2.50. The van der Waals surface area contributed by atoms with Gasteiger partial charge in [-0.15, -0.1) is 0 Å². The van der Waals surface area contributed by atoms with Crippen LogP contribution in [0.3, 0.4) is 0 Å². The van der Waals surface area contributed by atoms with Crippen LogP contribution in [-0.2, 0) is 16.4 Å². The highest BCUT2D eigenvalue weighted by Crippen LogP contribution is 2.44. The normalized spacial score (nSPS) is 16.0. The van der Waals surface area contributed by atoms with Crippen molar-refractivity contribution in [1.29, 1.82) is 0 Å². The van der Waals surface area contributed by atoms with Gasteiger partial charge < -0.3 is 15.7 Å². The number of alkyl halides is 3. The van der Waals surface area contributed by atoms with Crippen molar-refractivity contribution in [2.45, 2.75) is 43.7 Å². The molecule has 8 heteroatoms. The van der Waals surface area contributed by atoms with Gasteiger partial charge in [0.2, 0.25) is 0 Å². The minimum atomic E-state index is -4.39. The van der Waals surface area contributed by atoms with Gasteiger partial charge in [0.15, 0.2) is 0 Å². The van der Waals surface area contributed by atoms with Crippen molar-refractivity contribution in [3.63, 3.8) is 0 Å². The molecule has 2 rings (SSSR count). The molecule has 0 radical (unpaired) electrons. The smallest absolute Gasteiger partial charge is 0.416 e. The van der Waals surface area contributed by atoms with E-state index >= 15 is 0 Å². The fourth-order valence-corrected chi connectivity index (χ4v) is 2.95. The molecule has 1 aromatic carbocycles. The van der Waals surface area contributed by atoms with Crippen LogP contribution in [0.15, 0.2) is 24.3 Å². The molecule has 0 spiro atoms. The highest BCUT2D eigenvalue weighted by molar-refractivity contribution is 5.74. The van der Waals surface area contributed by atoms with Crippen molar-refractivity contribution in [3.8, 4) is 0 Å². The van der Waals surface area contributed by atoms with Gasteiger partial charge in [-0.2, -0.15) is 13.2 Å². The van der Waals surface area contributed by atoms with Gasteiger partial charge in [0.05, 0.1) is 5.56 Å². The monoisotopic (exact) mass is 358 g/mol. The molecule has 1 fully saturated rings. The molecule has 5 nitrogen and oxygen atoms in total. The summed E-state index contributed by atoms with van der Waals surface area (Å²) in [6.45, 7) is 0.480. The van der Waals surface area contributed by atoms with Gasteiger partial charge in [-0.3, -0.25) is 4.79 Å². The predicted octanol–water partition coefficient (Wildman–Crippen LogP) is 3.29. The summed E-state index contributed by atoms with van der Waals surface area (Å²) in [6, 6.07) is 4.82. The third kappa shape index (κ3) is 5.11. The molecule has 0 heterocycles. The van der Waals surface area contributed by atoms with Crippen LogP contribution in [0.5, 0.6) is 0 Å². The van der Waals surface area contributed by atoms with Crippen LogP contribution in [-0.4, -0.2) is 30.2 Å². The maximum absolute atomic E-state index is 12.9. The van der Waals surface area contributed by atoms with E-state index in [9.17, 15) is 22.8 Å². The number of carbonyl (C=O) groups excluding carboxylic acids is 1. The molecule has 1 aliphatic carbocycles. The highest BCUT2D eigenvalue weighted by atomic mass is 19.4. The number of carbonyl (C=O) groups is 2. The molecule has 2 amide bonds. The minimum absolute atomic E-state index is 0.0333. The molecule has 0 unspecified atom stereocenters. The van der Waals surface area contributed by atoms with E-state index in [4.69, 9.17) is 5.11 Å². The number of hydrogen-bond acceptors (Lipinski definition) is 2. The molecule has 0 bridgehead atoms. The van der Waals surface area contributed by atoms with E-state index in [1.54, 1.807) is 6.07 Å². The van der Waals surface area contributed by atoms with E-state index in [2.05, 4.69) is 10.6 Å². The third-order valence-corrected chi connectivity index (χ3v) is 4.55. The number of benzene rings is 1. The number of carboxylic acid groups (broad SMARTS) is 1. The van der Waals surface area contributed by atoms with Crippen LogP contribution in [0.1, 0.15) is 43.2 Å². The molecular formula is C17H21F3N2O3. The first-order valence-corrected chi connectivity index (χ1v) is 8.14. The Bertz CT molecular complexity index is 628. The summed E-state index contributed by atoms with van der Waals surface area (Å²) in [6.07, 6.45) is -1.77. The van der Waals surface area contributed by atoms with Gasteiger partial charge in [0.25, 0.3) is 0 Å². The van der Waals surface area contributed by atoms with Gasteiger partial charge in [-0.05, 0) is 30.9 Å². The molecule has 138 valence electrons. The van der Waals surface area contributed by atoms with Gasteiger partial charge >= 0.3 is 18.2 Å². The van der Waals surface area contributed by atoms with E-state index in [0.29, 0.717) is 24.8 Å². The number of hydrogen-bond donors (Lipinski definition) is 3. The lowest BCUT2D eigenvalue weighted by atomic mass is 9.64. The molecule has 1 aromatic rings. The highest BCUT2D eigenvalue weighted by Gasteiger charge is 2.40. The fraction of sp³-hybridized carbons (Fsp3) is 0.529. The molecule has 0 aromatic heterocycles. The van der Waals surface area contributed by atoms with Crippen LogP contribution in [0.25, 0.3) is 0 Å². The number of rotatable bonds is 7. The number of amides is 2. The van der Waals surface area contributed by atoms with Crippen molar-refractivity contribution in [2.75, 3.05) is 13.1 Å². The van der Waals surface area contributed by atoms with E-state index in [0.717, 1.165) is 18.6 Å². The molecule has 0 saturated heterocycles. The summed E-state index contributed by atoms with van der Waals surface area (Å²) >= 11 is 0. The van der Waals surface area contributed by atoms with Crippen molar-refractivity contribution in [3.05, 3.63) is 35.4 Å². The molecule has 0 aliphatic heterocycles. The quantitative estimate of drug-likeness (QED) is 0.655. The third-order valence-electron chi connectivity index (χ3n) is 4.55. The summed E-state index contributed by atoms with van der Waals surface area (Å²) in [4.78, 5) is 22.2. The SMILES string of the molecule is O=C(O)CCCNC(=O)NCC1(c2cccc(C(F)(F)F)c2)CCC1. The lowest BCUT2D eigenvalue weighted by Crippen LogP contribution is -2.48. The first kappa shape index (κ1) is 19.1. The Morgan fingerprint density at radius 3 is 2.48 bits per heavy atom. The molecule has 25 heavy (non-hydrogen) atoms. The second-order valence-corrected chi connectivity index (χ2v) is 6.32. The first-order chi connectivity index (χ1) is 11.7. The predicted molar refractivity (Wildman–Crippen MR) is 85.2 cm³/mol. The standard InChI is InChI=1S/C17H21F3N2O3/c18-17(19,20)13-5-1-4-12(10-13)16(7-3-8-16)11-22-15(25)21-9-2-6-14(23)24/h1,4-5,10H,2-3,6-9,11H2,(H,23,24)(H2,21,22,25). The summed E-state index contributed by atoms with van der Waals surface area (Å²) in [5, 5.41) is 13.8. The Hall–Kier alpha value is -2.25. The second kappa shape index (κ2) is 7.76. The summed E-state index contributed by atoms with van der Waals surface area (Å²) in [7, 11) is 0. The van der Waals surface area contributed by atoms with Crippen molar-refractivity contribution in [1.82, 2.24) is 10.6 Å². The lowest BCUT2D eigenvalue weighted by Gasteiger charge is -2.42. The van der Waals surface area contributed by atoms with Crippen LogP contribution >= 0.6 is 0 Å². The largest absolute Gasteiger partial charge is 0.481 e. The van der Waals surface area contributed by atoms with Crippen LogP contribution in [0.2, 0.25) is 0 Å². The summed E-state index contributed by atoms with van der Waals surface area (Å²) < 4.78 is 38.7. The Morgan fingerprint density at radius 1 is 1.20 bits per heavy atom. The van der Waals surface area contributed by atoms with E-state index in [-0.39, 0.29) is 19.5 Å². The molecular weight excluding hydrogens is 337 g/mol. The van der Waals surface area contributed by atoms with Crippen LogP contribution < -0.4 is 10.6 Å². The number of aliphatic carboxylic acids is 1. The number of urea groups is 1. The number of nitrogens with one attached hydrogen (secondary N) is 2. The maximum Gasteiger partial charge on any atom is 0.416 e. The average molecular weight is 358 g/mol. The lowest BCUT2D eigenvalue weighted by molar-refractivity contribution is -0.138. The zero-order valence-electron chi connectivity index (χ0n) is 13.7. The Kier molecular flexibility index (Phi) is 5.92.